The second kappa shape index (κ2) is 6.71. The fourth-order valence-electron chi connectivity index (χ4n) is 1.85. The lowest BCUT2D eigenvalue weighted by molar-refractivity contribution is -0.165. The summed E-state index contributed by atoms with van der Waals surface area (Å²) < 4.78 is 5.64. The fraction of sp³-hybridized carbons (Fsp3) is 0.917. The highest BCUT2D eigenvalue weighted by molar-refractivity contribution is 14.1. The summed E-state index contributed by atoms with van der Waals surface area (Å²) in [7, 11) is 0. The predicted molar refractivity (Wildman–Crippen MR) is 72.3 cm³/mol. The third kappa shape index (κ3) is 3.93. The minimum Gasteiger partial charge on any atom is -0.458 e. The molecular formula is C12H23IO2. The largest absolute Gasteiger partial charge is 0.458 e. The normalized spacial score (nSPS) is 15.9. The number of carbonyl (C=O) groups is 1. The van der Waals surface area contributed by atoms with Gasteiger partial charge in [-0.3, -0.25) is 4.79 Å². The molecule has 0 aliphatic rings. The smallest absolute Gasteiger partial charge is 0.319 e. The summed E-state index contributed by atoms with van der Waals surface area (Å²) in [5.74, 6) is 0.339. The first kappa shape index (κ1) is 15.2. The van der Waals surface area contributed by atoms with Crippen LogP contribution in [-0.4, -0.2) is 15.5 Å². The lowest BCUT2D eigenvalue weighted by Gasteiger charge is -2.37. The molecule has 0 aliphatic heterocycles. The highest BCUT2D eigenvalue weighted by atomic mass is 127. The van der Waals surface area contributed by atoms with Crippen LogP contribution >= 0.6 is 22.6 Å². The van der Waals surface area contributed by atoms with Crippen LogP contribution in [0.5, 0.6) is 0 Å². The van der Waals surface area contributed by atoms with Gasteiger partial charge in [0.15, 0.2) is 0 Å². The Hall–Kier alpha value is 0.200. The van der Waals surface area contributed by atoms with Crippen LogP contribution < -0.4 is 0 Å². The number of carbonyl (C=O) groups excluding carboxylic acids is 1. The second-order valence-electron chi connectivity index (χ2n) is 4.12. The van der Waals surface area contributed by atoms with Crippen LogP contribution in [0.15, 0.2) is 0 Å². The molecule has 0 fully saturated rings. The van der Waals surface area contributed by atoms with E-state index in [1.165, 1.54) is 0 Å². The zero-order chi connectivity index (χ0) is 12.1. The van der Waals surface area contributed by atoms with Crippen LogP contribution in [-0.2, 0) is 9.53 Å². The first-order chi connectivity index (χ1) is 6.93. The Morgan fingerprint density at radius 2 is 1.73 bits per heavy atom. The average molecular weight is 326 g/mol. The van der Waals surface area contributed by atoms with Crippen molar-refractivity contribution in [3.63, 3.8) is 0 Å². The van der Waals surface area contributed by atoms with E-state index in [2.05, 4.69) is 50.3 Å². The van der Waals surface area contributed by atoms with Crippen molar-refractivity contribution in [2.45, 2.75) is 63.4 Å². The Morgan fingerprint density at radius 3 is 2.00 bits per heavy atom. The van der Waals surface area contributed by atoms with Gasteiger partial charge in [0.05, 0.1) is 0 Å². The predicted octanol–water partition coefficient (Wildman–Crippen LogP) is 3.96. The molecule has 0 radical (unpaired) electrons. The number of hydrogen-bond donors (Lipinski definition) is 0. The Labute approximate surface area is 107 Å². The van der Waals surface area contributed by atoms with Crippen molar-refractivity contribution in [1.82, 2.24) is 0 Å². The topological polar surface area (TPSA) is 26.3 Å². The van der Waals surface area contributed by atoms with Gasteiger partial charge in [0, 0.05) is 0 Å². The van der Waals surface area contributed by atoms with E-state index < -0.39 is 0 Å². The van der Waals surface area contributed by atoms with Gasteiger partial charge in [-0.1, -0.05) is 50.3 Å². The summed E-state index contributed by atoms with van der Waals surface area (Å²) in [5.41, 5.74) is -0.259. The molecule has 0 aromatic carbocycles. The van der Waals surface area contributed by atoms with Crippen molar-refractivity contribution in [1.29, 1.82) is 0 Å². The zero-order valence-corrected chi connectivity index (χ0v) is 12.6. The molecule has 0 aromatic heterocycles. The number of alkyl halides is 1. The minimum atomic E-state index is -0.259. The van der Waals surface area contributed by atoms with Crippen molar-refractivity contribution in [3.8, 4) is 0 Å². The Kier molecular flexibility index (Phi) is 6.80. The van der Waals surface area contributed by atoms with E-state index in [0.29, 0.717) is 5.92 Å². The molecular weight excluding hydrogens is 303 g/mol. The van der Waals surface area contributed by atoms with E-state index in [1.807, 2.05) is 6.92 Å². The number of esters is 1. The molecule has 15 heavy (non-hydrogen) atoms. The lowest BCUT2D eigenvalue weighted by Crippen LogP contribution is -2.41. The summed E-state index contributed by atoms with van der Waals surface area (Å²) in [5, 5.41) is 0. The molecule has 0 bridgehead atoms. The van der Waals surface area contributed by atoms with Gasteiger partial charge in [-0.2, -0.15) is 0 Å². The van der Waals surface area contributed by atoms with Crippen LogP contribution in [0.4, 0.5) is 0 Å². The van der Waals surface area contributed by atoms with Gasteiger partial charge in [-0.05, 0) is 32.1 Å². The van der Waals surface area contributed by atoms with Crippen molar-refractivity contribution < 1.29 is 9.53 Å². The van der Waals surface area contributed by atoms with Crippen molar-refractivity contribution in [3.05, 3.63) is 0 Å². The molecule has 2 atom stereocenters. The van der Waals surface area contributed by atoms with E-state index in [4.69, 9.17) is 4.74 Å². The molecule has 90 valence electrons. The molecule has 0 amide bonds. The fourth-order valence-corrected chi connectivity index (χ4v) is 1.97. The summed E-state index contributed by atoms with van der Waals surface area (Å²) in [4.78, 5) is 11.7. The Bertz CT molecular complexity index is 198. The Morgan fingerprint density at radius 1 is 1.27 bits per heavy atom. The van der Waals surface area contributed by atoms with Crippen LogP contribution in [0, 0.1) is 5.92 Å². The van der Waals surface area contributed by atoms with E-state index >= 15 is 0 Å². The number of ether oxygens (including phenoxy) is 1. The monoisotopic (exact) mass is 326 g/mol. The van der Waals surface area contributed by atoms with Gasteiger partial charge in [-0.25, -0.2) is 0 Å². The maximum atomic E-state index is 11.7. The Balaban J connectivity index is 4.71. The summed E-state index contributed by atoms with van der Waals surface area (Å²) >= 11 is 2.10. The maximum absolute atomic E-state index is 11.7. The third-order valence-corrected chi connectivity index (χ3v) is 3.84. The van der Waals surface area contributed by atoms with E-state index in [1.54, 1.807) is 0 Å². The highest BCUT2D eigenvalue weighted by Crippen LogP contribution is 2.32. The number of hydrogen-bond acceptors (Lipinski definition) is 2. The first-order valence-corrected chi connectivity index (χ1v) is 7.04. The standard InChI is InChI=1S/C12H23IO2/c1-6-9(4)12(7-2,8-3)15-11(14)10(5)13/h9-10H,6-8H2,1-5H3. The molecule has 0 spiro atoms. The van der Waals surface area contributed by atoms with Crippen molar-refractivity contribution in [2.24, 2.45) is 5.92 Å². The second-order valence-corrected chi connectivity index (χ2v) is 5.99. The van der Waals surface area contributed by atoms with E-state index in [0.717, 1.165) is 19.3 Å². The highest BCUT2D eigenvalue weighted by Gasteiger charge is 2.36. The summed E-state index contributed by atoms with van der Waals surface area (Å²) in [6.07, 6.45) is 2.84. The van der Waals surface area contributed by atoms with Gasteiger partial charge in [-0.15, -0.1) is 0 Å². The zero-order valence-electron chi connectivity index (χ0n) is 10.5. The lowest BCUT2D eigenvalue weighted by atomic mass is 9.82. The molecule has 0 saturated heterocycles. The molecule has 0 aromatic rings. The molecule has 0 rings (SSSR count). The maximum Gasteiger partial charge on any atom is 0.319 e. The summed E-state index contributed by atoms with van der Waals surface area (Å²) in [6, 6.07) is 0. The molecule has 0 heterocycles. The molecule has 0 N–H and O–H groups in total. The third-order valence-electron chi connectivity index (χ3n) is 3.34. The van der Waals surface area contributed by atoms with Crippen LogP contribution in [0.3, 0.4) is 0 Å². The van der Waals surface area contributed by atoms with Gasteiger partial charge < -0.3 is 4.74 Å². The van der Waals surface area contributed by atoms with Crippen LogP contribution in [0.2, 0.25) is 0 Å². The van der Waals surface area contributed by atoms with Crippen LogP contribution in [0.25, 0.3) is 0 Å². The van der Waals surface area contributed by atoms with Crippen LogP contribution in [0.1, 0.15) is 53.9 Å². The van der Waals surface area contributed by atoms with Gasteiger partial charge in [0.1, 0.15) is 9.53 Å². The molecule has 0 saturated carbocycles. The molecule has 2 nitrogen and oxygen atoms in total. The minimum absolute atomic E-state index is 0.0656. The quantitative estimate of drug-likeness (QED) is 0.420. The average Bonchev–Trinajstić information content (AvgIpc) is 2.24. The molecule has 0 aliphatic carbocycles. The van der Waals surface area contributed by atoms with Crippen molar-refractivity contribution >= 4 is 28.6 Å². The van der Waals surface area contributed by atoms with E-state index in [-0.39, 0.29) is 15.5 Å². The number of rotatable bonds is 6. The van der Waals surface area contributed by atoms with Gasteiger partial charge in [0.25, 0.3) is 0 Å². The number of halogens is 1. The van der Waals surface area contributed by atoms with Crippen molar-refractivity contribution in [2.75, 3.05) is 0 Å². The van der Waals surface area contributed by atoms with E-state index in [9.17, 15) is 4.79 Å². The van der Waals surface area contributed by atoms with Gasteiger partial charge in [0.2, 0.25) is 0 Å². The molecule has 2 unspecified atom stereocenters. The first-order valence-electron chi connectivity index (χ1n) is 5.80. The summed E-state index contributed by atoms with van der Waals surface area (Å²) in [6.45, 7) is 10.4. The molecule has 3 heteroatoms. The SMILES string of the molecule is CCC(C)C(CC)(CC)OC(=O)C(C)I. The van der Waals surface area contributed by atoms with Gasteiger partial charge >= 0.3 is 5.97 Å².